The molecule has 1 aliphatic heterocycles. The molecule has 0 radical (unpaired) electrons. The van der Waals surface area contributed by atoms with Gasteiger partial charge in [0.05, 0.1) is 6.20 Å². The Balaban J connectivity index is 1.42. The quantitative estimate of drug-likeness (QED) is 0.537. The van der Waals surface area contributed by atoms with Gasteiger partial charge in [0.15, 0.2) is 5.82 Å². The topological polar surface area (TPSA) is 63.3 Å². The summed E-state index contributed by atoms with van der Waals surface area (Å²) in [4.78, 5) is 11.6. The molecule has 7 heteroatoms. The minimum absolute atomic E-state index is 0.761. The molecule has 0 spiro atoms. The molecule has 3 aromatic heterocycles. The van der Waals surface area contributed by atoms with Gasteiger partial charge >= 0.3 is 0 Å². The molecule has 148 valence electrons. The van der Waals surface area contributed by atoms with E-state index in [-0.39, 0.29) is 0 Å². The Morgan fingerprint density at radius 3 is 2.69 bits per heavy atom. The summed E-state index contributed by atoms with van der Waals surface area (Å²) in [5.74, 6) is 2.30. The normalized spacial score (nSPS) is 14.0. The van der Waals surface area contributed by atoms with Crippen molar-refractivity contribution in [2.45, 2.75) is 32.6 Å². The van der Waals surface area contributed by atoms with Crippen LogP contribution in [0.4, 0.5) is 17.6 Å². The molecule has 0 unspecified atom stereocenters. The Labute approximate surface area is 170 Å². The van der Waals surface area contributed by atoms with Crippen LogP contribution in [0.5, 0.6) is 0 Å². The van der Waals surface area contributed by atoms with Crippen LogP contribution < -0.4 is 10.2 Å². The lowest BCUT2D eigenvalue weighted by molar-refractivity contribution is 0.827. The zero-order valence-corrected chi connectivity index (χ0v) is 16.6. The highest BCUT2D eigenvalue weighted by molar-refractivity contribution is 5.73. The third-order valence-corrected chi connectivity index (χ3v) is 5.37. The van der Waals surface area contributed by atoms with Gasteiger partial charge in [-0.15, -0.1) is 5.10 Å². The number of nitrogens with one attached hydrogen (secondary N) is 1. The van der Waals surface area contributed by atoms with E-state index in [4.69, 9.17) is 4.98 Å². The van der Waals surface area contributed by atoms with Crippen LogP contribution in [0.2, 0.25) is 0 Å². The molecule has 1 fully saturated rings. The van der Waals surface area contributed by atoms with E-state index in [1.54, 1.807) is 0 Å². The maximum absolute atomic E-state index is 4.80. The predicted octanol–water partition coefficient (Wildman–Crippen LogP) is 4.21. The number of hydrogen-bond acceptors (Lipinski definition) is 5. The van der Waals surface area contributed by atoms with Crippen LogP contribution in [0.25, 0.3) is 11.2 Å². The van der Waals surface area contributed by atoms with E-state index in [1.165, 1.54) is 18.4 Å². The van der Waals surface area contributed by atoms with Gasteiger partial charge in [-0.2, -0.15) is 4.98 Å². The fourth-order valence-electron chi connectivity index (χ4n) is 3.84. The average molecular weight is 387 g/mol. The molecule has 0 amide bonds. The number of benzene rings is 1. The first-order chi connectivity index (χ1) is 14.3. The van der Waals surface area contributed by atoms with Crippen LogP contribution >= 0.6 is 0 Å². The molecule has 1 aliphatic rings. The van der Waals surface area contributed by atoms with Crippen molar-refractivity contribution in [2.24, 2.45) is 0 Å². The van der Waals surface area contributed by atoms with Gasteiger partial charge in [0, 0.05) is 25.0 Å². The molecule has 1 aromatic carbocycles. The number of aromatic nitrogens is 5. The summed E-state index contributed by atoms with van der Waals surface area (Å²) in [7, 11) is 0. The lowest BCUT2D eigenvalue weighted by atomic mass is 10.1. The second-order valence-electron chi connectivity index (χ2n) is 7.50. The predicted molar refractivity (Wildman–Crippen MR) is 115 cm³/mol. The lowest BCUT2D eigenvalue weighted by Crippen LogP contribution is -2.22. The van der Waals surface area contributed by atoms with Gasteiger partial charge in [0.25, 0.3) is 0 Å². The molecule has 0 atom stereocenters. The number of hydrogen-bond donors (Lipinski definition) is 1. The summed E-state index contributed by atoms with van der Waals surface area (Å²) in [5, 5.41) is 8.05. The molecule has 1 N–H and O–H groups in total. The summed E-state index contributed by atoms with van der Waals surface area (Å²) in [6, 6.07) is 12.6. The number of aryl methyl sites for hydroxylation is 1. The van der Waals surface area contributed by atoms with Crippen molar-refractivity contribution < 1.29 is 0 Å². The summed E-state index contributed by atoms with van der Waals surface area (Å²) >= 11 is 0. The zero-order valence-electron chi connectivity index (χ0n) is 16.6. The van der Waals surface area contributed by atoms with Gasteiger partial charge in [0.1, 0.15) is 17.7 Å². The number of rotatable bonds is 6. The van der Waals surface area contributed by atoms with Gasteiger partial charge in [-0.1, -0.05) is 25.5 Å². The first-order valence-corrected chi connectivity index (χ1v) is 10.3. The third kappa shape index (κ3) is 3.55. The van der Waals surface area contributed by atoms with Crippen molar-refractivity contribution in [3.8, 4) is 5.69 Å². The molecule has 1 saturated heterocycles. The number of imidazole rings is 1. The van der Waals surface area contributed by atoms with Gasteiger partial charge in [-0.3, -0.25) is 0 Å². The number of anilines is 3. The Kier molecular flexibility index (Phi) is 4.63. The Morgan fingerprint density at radius 1 is 1.07 bits per heavy atom. The standard InChI is InChI=1S/C22H25N7/c1-2-6-17-8-10-18(11-9-17)28-15-20(23-16-28)24-21-19-7-5-14-29(19)26-22(25-21)27-12-3-4-13-27/h5,7-11,14-16H,2-4,6,12-13H2,1H3,(H,24,25,26). The highest BCUT2D eigenvalue weighted by Crippen LogP contribution is 2.24. The van der Waals surface area contributed by atoms with Gasteiger partial charge in [-0.25, -0.2) is 9.50 Å². The SMILES string of the molecule is CCCc1ccc(-n2cnc(Nc3nc(N4CCCC4)nn4cccc34)c2)cc1. The maximum atomic E-state index is 4.80. The highest BCUT2D eigenvalue weighted by Gasteiger charge is 2.18. The number of fused-ring (bicyclic) bond motifs is 1. The monoisotopic (exact) mass is 387 g/mol. The molecule has 0 aliphatic carbocycles. The second-order valence-corrected chi connectivity index (χ2v) is 7.50. The van der Waals surface area contributed by atoms with Crippen LogP contribution in [0, 0.1) is 0 Å². The Hall–Kier alpha value is -3.35. The molecule has 4 heterocycles. The average Bonchev–Trinajstić information content (AvgIpc) is 3.50. The Bertz CT molecular complexity index is 1100. The van der Waals surface area contributed by atoms with Crippen LogP contribution in [-0.2, 0) is 6.42 Å². The van der Waals surface area contributed by atoms with E-state index in [0.29, 0.717) is 0 Å². The van der Waals surface area contributed by atoms with E-state index in [9.17, 15) is 0 Å². The lowest BCUT2D eigenvalue weighted by Gasteiger charge is -2.16. The summed E-state index contributed by atoms with van der Waals surface area (Å²) in [5.41, 5.74) is 3.39. The highest BCUT2D eigenvalue weighted by atomic mass is 15.4. The molecule has 7 nitrogen and oxygen atoms in total. The molecular formula is C22H25N7. The van der Waals surface area contributed by atoms with Crippen molar-refractivity contribution in [1.29, 1.82) is 0 Å². The Morgan fingerprint density at radius 2 is 1.90 bits per heavy atom. The van der Waals surface area contributed by atoms with E-state index in [1.807, 2.05) is 39.9 Å². The minimum Gasteiger partial charge on any atom is -0.340 e. The first-order valence-electron chi connectivity index (χ1n) is 10.3. The van der Waals surface area contributed by atoms with E-state index >= 15 is 0 Å². The smallest absolute Gasteiger partial charge is 0.245 e. The largest absolute Gasteiger partial charge is 0.340 e. The van der Waals surface area contributed by atoms with E-state index in [2.05, 4.69) is 51.5 Å². The summed E-state index contributed by atoms with van der Waals surface area (Å²) in [6.07, 6.45) is 10.4. The van der Waals surface area contributed by atoms with Gasteiger partial charge in [-0.05, 0) is 49.1 Å². The first kappa shape index (κ1) is 17.7. The van der Waals surface area contributed by atoms with Gasteiger partial charge < -0.3 is 14.8 Å². The summed E-state index contributed by atoms with van der Waals surface area (Å²) in [6.45, 7) is 4.22. The molecule has 0 saturated carbocycles. The maximum Gasteiger partial charge on any atom is 0.245 e. The second kappa shape index (κ2) is 7.58. The van der Waals surface area contributed by atoms with Crippen molar-refractivity contribution in [3.05, 3.63) is 60.7 Å². The van der Waals surface area contributed by atoms with Crippen LogP contribution in [0.15, 0.2) is 55.1 Å². The minimum atomic E-state index is 0.761. The zero-order chi connectivity index (χ0) is 19.6. The van der Waals surface area contributed by atoms with Crippen molar-refractivity contribution >= 4 is 23.1 Å². The summed E-state index contributed by atoms with van der Waals surface area (Å²) < 4.78 is 3.91. The molecular weight excluding hydrogens is 362 g/mol. The van der Waals surface area contributed by atoms with E-state index in [0.717, 1.165) is 54.7 Å². The molecule has 0 bridgehead atoms. The van der Waals surface area contributed by atoms with Crippen molar-refractivity contribution in [3.63, 3.8) is 0 Å². The van der Waals surface area contributed by atoms with Gasteiger partial charge in [0.2, 0.25) is 5.95 Å². The molecule has 5 rings (SSSR count). The fourth-order valence-corrected chi connectivity index (χ4v) is 3.84. The molecule has 4 aromatic rings. The van der Waals surface area contributed by atoms with E-state index < -0.39 is 0 Å². The number of nitrogens with zero attached hydrogens (tertiary/aromatic N) is 6. The third-order valence-electron chi connectivity index (χ3n) is 5.37. The van der Waals surface area contributed by atoms with Crippen LogP contribution in [0.3, 0.4) is 0 Å². The van der Waals surface area contributed by atoms with Crippen molar-refractivity contribution in [1.82, 2.24) is 24.1 Å². The van der Waals surface area contributed by atoms with Crippen LogP contribution in [0.1, 0.15) is 31.7 Å². The molecule has 29 heavy (non-hydrogen) atoms. The van der Waals surface area contributed by atoms with Crippen LogP contribution in [-0.4, -0.2) is 37.2 Å². The van der Waals surface area contributed by atoms with Crippen molar-refractivity contribution in [2.75, 3.05) is 23.3 Å². The fraction of sp³-hybridized carbons (Fsp3) is 0.318.